The number of amides is 1. The summed E-state index contributed by atoms with van der Waals surface area (Å²) in [6, 6.07) is 18.9. The molecule has 32 heavy (non-hydrogen) atoms. The van der Waals surface area contributed by atoms with Gasteiger partial charge in [-0.1, -0.05) is 60.2 Å². The monoisotopic (exact) mass is 445 g/mol. The van der Waals surface area contributed by atoms with Gasteiger partial charge in [0.2, 0.25) is 0 Å². The molecular formula is C25H23N3O3S. The SMILES string of the molecule is Cc1ccc(-c2ccsc2C(=O)OCC(=O)N[C@@H](c2ccccc2)c2nccn2C)cc1. The van der Waals surface area contributed by atoms with Gasteiger partial charge in [-0.2, -0.15) is 0 Å². The molecule has 4 rings (SSSR count). The van der Waals surface area contributed by atoms with E-state index in [0.29, 0.717) is 10.7 Å². The molecule has 0 fully saturated rings. The summed E-state index contributed by atoms with van der Waals surface area (Å²) in [5, 5.41) is 4.78. The van der Waals surface area contributed by atoms with E-state index in [-0.39, 0.29) is 6.61 Å². The molecule has 0 saturated carbocycles. The van der Waals surface area contributed by atoms with E-state index in [4.69, 9.17) is 4.74 Å². The van der Waals surface area contributed by atoms with Gasteiger partial charge in [-0.25, -0.2) is 9.78 Å². The maximum absolute atomic E-state index is 12.7. The number of carbonyl (C=O) groups is 2. The molecular weight excluding hydrogens is 422 g/mol. The first-order valence-electron chi connectivity index (χ1n) is 10.2. The fourth-order valence-electron chi connectivity index (χ4n) is 3.42. The number of hydrogen-bond donors (Lipinski definition) is 1. The number of imidazole rings is 1. The number of nitrogens with zero attached hydrogens (tertiary/aromatic N) is 2. The lowest BCUT2D eigenvalue weighted by Crippen LogP contribution is -2.34. The van der Waals surface area contributed by atoms with Crippen molar-refractivity contribution >= 4 is 23.2 Å². The van der Waals surface area contributed by atoms with Crippen molar-refractivity contribution in [1.82, 2.24) is 14.9 Å². The summed E-state index contributed by atoms with van der Waals surface area (Å²) < 4.78 is 7.20. The van der Waals surface area contributed by atoms with Crippen molar-refractivity contribution in [1.29, 1.82) is 0 Å². The molecule has 1 amide bonds. The number of hydrogen-bond acceptors (Lipinski definition) is 5. The molecule has 2 aromatic heterocycles. The molecule has 0 bridgehead atoms. The van der Waals surface area contributed by atoms with Crippen molar-refractivity contribution in [2.75, 3.05) is 6.61 Å². The molecule has 2 heterocycles. The van der Waals surface area contributed by atoms with E-state index in [2.05, 4.69) is 10.3 Å². The summed E-state index contributed by atoms with van der Waals surface area (Å²) in [6.07, 6.45) is 3.50. The number of esters is 1. The van der Waals surface area contributed by atoms with Gasteiger partial charge in [-0.3, -0.25) is 4.79 Å². The Morgan fingerprint density at radius 2 is 1.84 bits per heavy atom. The highest BCUT2D eigenvalue weighted by molar-refractivity contribution is 7.12. The van der Waals surface area contributed by atoms with Crippen LogP contribution in [0.5, 0.6) is 0 Å². The van der Waals surface area contributed by atoms with E-state index >= 15 is 0 Å². The summed E-state index contributed by atoms with van der Waals surface area (Å²) in [6.45, 7) is 1.64. The molecule has 0 saturated heterocycles. The Hall–Kier alpha value is -3.71. The van der Waals surface area contributed by atoms with Gasteiger partial charge in [0, 0.05) is 25.0 Å². The average molecular weight is 446 g/mol. The first kappa shape index (κ1) is 21.5. The Morgan fingerprint density at radius 1 is 1.09 bits per heavy atom. The zero-order chi connectivity index (χ0) is 22.5. The van der Waals surface area contributed by atoms with Crippen molar-refractivity contribution in [3.8, 4) is 11.1 Å². The fraction of sp³-hybridized carbons (Fsp3) is 0.160. The zero-order valence-corrected chi connectivity index (χ0v) is 18.6. The topological polar surface area (TPSA) is 73.2 Å². The number of thiophene rings is 1. The average Bonchev–Trinajstić information content (AvgIpc) is 3.46. The third kappa shape index (κ3) is 4.78. The van der Waals surface area contributed by atoms with Gasteiger partial charge >= 0.3 is 5.97 Å². The number of benzene rings is 2. The highest BCUT2D eigenvalue weighted by atomic mass is 32.1. The number of ether oxygens (including phenoxy) is 1. The van der Waals surface area contributed by atoms with E-state index in [1.807, 2.05) is 90.8 Å². The number of aryl methyl sites for hydroxylation is 2. The van der Waals surface area contributed by atoms with Crippen molar-refractivity contribution < 1.29 is 14.3 Å². The largest absolute Gasteiger partial charge is 0.451 e. The summed E-state index contributed by atoms with van der Waals surface area (Å²) >= 11 is 1.30. The standard InChI is InChI=1S/C25H23N3O3S/c1-17-8-10-18(11-9-17)20-12-15-32-23(20)25(30)31-16-21(29)27-22(19-6-4-3-5-7-19)24-26-13-14-28(24)2/h3-15,22H,16H2,1-2H3,(H,27,29)/t22-/m0/s1. The predicted molar refractivity (Wildman–Crippen MR) is 124 cm³/mol. The maximum Gasteiger partial charge on any atom is 0.349 e. The Balaban J connectivity index is 1.44. The summed E-state index contributed by atoms with van der Waals surface area (Å²) in [7, 11) is 1.87. The van der Waals surface area contributed by atoms with Crippen LogP contribution in [-0.2, 0) is 16.6 Å². The van der Waals surface area contributed by atoms with E-state index in [1.165, 1.54) is 11.3 Å². The predicted octanol–water partition coefficient (Wildman–Crippen LogP) is 4.52. The second kappa shape index (κ2) is 9.62. The third-order valence-corrected chi connectivity index (χ3v) is 6.00. The summed E-state index contributed by atoms with van der Waals surface area (Å²) in [5.74, 6) is -0.224. The molecule has 0 aliphatic heterocycles. The Morgan fingerprint density at radius 3 is 2.53 bits per heavy atom. The normalized spacial score (nSPS) is 11.7. The quantitative estimate of drug-likeness (QED) is 0.425. The smallest absolute Gasteiger partial charge is 0.349 e. The summed E-state index contributed by atoms with van der Waals surface area (Å²) in [4.78, 5) is 30.2. The highest BCUT2D eigenvalue weighted by Crippen LogP contribution is 2.29. The van der Waals surface area contributed by atoms with Gasteiger partial charge in [0.05, 0.1) is 0 Å². The van der Waals surface area contributed by atoms with E-state index in [1.54, 1.807) is 6.20 Å². The lowest BCUT2D eigenvalue weighted by Gasteiger charge is -2.19. The molecule has 7 heteroatoms. The molecule has 1 N–H and O–H groups in total. The van der Waals surface area contributed by atoms with Crippen molar-refractivity contribution in [2.45, 2.75) is 13.0 Å². The molecule has 6 nitrogen and oxygen atoms in total. The van der Waals surface area contributed by atoms with Crippen molar-refractivity contribution in [2.24, 2.45) is 7.05 Å². The number of carbonyl (C=O) groups excluding carboxylic acids is 2. The highest BCUT2D eigenvalue weighted by Gasteiger charge is 2.22. The minimum absolute atomic E-state index is 0.377. The van der Waals surface area contributed by atoms with Gasteiger partial charge in [0.1, 0.15) is 16.7 Å². The molecule has 0 unspecified atom stereocenters. The van der Waals surface area contributed by atoms with Gasteiger partial charge in [0.15, 0.2) is 6.61 Å². The van der Waals surface area contributed by atoms with E-state index in [9.17, 15) is 9.59 Å². The molecule has 0 spiro atoms. The molecule has 162 valence electrons. The Labute approximate surface area is 190 Å². The number of aromatic nitrogens is 2. The molecule has 4 aromatic rings. The van der Waals surface area contributed by atoms with Crippen LogP contribution in [0.3, 0.4) is 0 Å². The van der Waals surface area contributed by atoms with Gasteiger partial charge < -0.3 is 14.6 Å². The van der Waals surface area contributed by atoms with Gasteiger partial charge in [-0.15, -0.1) is 11.3 Å². The van der Waals surface area contributed by atoms with Crippen LogP contribution < -0.4 is 5.32 Å². The van der Waals surface area contributed by atoms with Crippen LogP contribution in [-0.4, -0.2) is 28.0 Å². The van der Waals surface area contributed by atoms with Crippen LogP contribution in [0.15, 0.2) is 78.4 Å². The zero-order valence-electron chi connectivity index (χ0n) is 17.8. The molecule has 1 atom stereocenters. The molecule has 0 radical (unpaired) electrons. The second-order valence-electron chi connectivity index (χ2n) is 7.41. The van der Waals surface area contributed by atoms with Gasteiger partial charge in [-0.05, 0) is 29.5 Å². The first-order valence-corrected chi connectivity index (χ1v) is 11.0. The van der Waals surface area contributed by atoms with Crippen molar-refractivity contribution in [3.05, 3.63) is 100 Å². The van der Waals surface area contributed by atoms with Crippen LogP contribution in [0.4, 0.5) is 0 Å². The lowest BCUT2D eigenvalue weighted by molar-refractivity contribution is -0.124. The maximum atomic E-state index is 12.7. The van der Waals surface area contributed by atoms with E-state index in [0.717, 1.165) is 22.3 Å². The van der Waals surface area contributed by atoms with Crippen LogP contribution in [0.1, 0.15) is 32.7 Å². The lowest BCUT2D eigenvalue weighted by atomic mass is 10.1. The van der Waals surface area contributed by atoms with Crippen LogP contribution in [0.25, 0.3) is 11.1 Å². The van der Waals surface area contributed by atoms with Crippen LogP contribution in [0, 0.1) is 6.92 Å². The molecule has 0 aliphatic carbocycles. The minimum Gasteiger partial charge on any atom is -0.451 e. The van der Waals surface area contributed by atoms with Crippen molar-refractivity contribution in [3.63, 3.8) is 0 Å². The van der Waals surface area contributed by atoms with Crippen LogP contribution >= 0.6 is 11.3 Å². The molecule has 0 aliphatic rings. The number of rotatable bonds is 7. The first-order chi connectivity index (χ1) is 15.5. The number of nitrogens with one attached hydrogen (secondary N) is 1. The molecule has 2 aromatic carbocycles. The fourth-order valence-corrected chi connectivity index (χ4v) is 4.23. The Kier molecular flexibility index (Phi) is 6.47. The Bertz CT molecular complexity index is 1210. The van der Waals surface area contributed by atoms with Gasteiger partial charge in [0.25, 0.3) is 5.91 Å². The second-order valence-corrected chi connectivity index (χ2v) is 8.33. The third-order valence-electron chi connectivity index (χ3n) is 5.10. The summed E-state index contributed by atoms with van der Waals surface area (Å²) in [5.41, 5.74) is 3.77. The van der Waals surface area contributed by atoms with Crippen LogP contribution in [0.2, 0.25) is 0 Å². The van der Waals surface area contributed by atoms with E-state index < -0.39 is 17.9 Å². The minimum atomic E-state index is -0.515.